The van der Waals surface area contributed by atoms with Crippen LogP contribution in [0.1, 0.15) is 32.8 Å². The van der Waals surface area contributed by atoms with Gasteiger partial charge in [0, 0.05) is 12.1 Å². The molecule has 7 N–H and O–H groups in total. The monoisotopic (exact) mass is 458 g/mol. The molecule has 174 valence electrons. The maximum Gasteiger partial charge on any atom is 0.403 e. The molecule has 4 atom stereocenters. The lowest BCUT2D eigenvalue weighted by Crippen LogP contribution is -2.55. The number of hydrogen-bond acceptors (Lipinski definition) is 6. The minimum atomic E-state index is -4.24. The van der Waals surface area contributed by atoms with Crippen molar-refractivity contribution in [1.29, 1.82) is 0 Å². The second kappa shape index (κ2) is 12.4. The molecule has 0 fully saturated rings. The summed E-state index contributed by atoms with van der Waals surface area (Å²) in [7, 11) is -4.24. The maximum atomic E-state index is 12.9. The molecular formula is C19H31N4O7P. The van der Waals surface area contributed by atoms with Gasteiger partial charge in [0.1, 0.15) is 12.6 Å². The first kappa shape index (κ1) is 26.6. The Kier molecular flexibility index (Phi) is 10.6. The van der Waals surface area contributed by atoms with Gasteiger partial charge in [-0.1, -0.05) is 32.4 Å². The van der Waals surface area contributed by atoms with Crippen molar-refractivity contribution in [2.75, 3.05) is 18.9 Å². The quantitative estimate of drug-likeness (QED) is 0.183. The van der Waals surface area contributed by atoms with Gasteiger partial charge in [-0.25, -0.2) is 9.65 Å². The van der Waals surface area contributed by atoms with E-state index in [-0.39, 0.29) is 18.9 Å². The molecule has 0 bridgehead atoms. The van der Waals surface area contributed by atoms with E-state index in [1.807, 2.05) is 0 Å². The summed E-state index contributed by atoms with van der Waals surface area (Å²) in [5, 5.41) is 16.0. The van der Waals surface area contributed by atoms with Gasteiger partial charge >= 0.3 is 13.7 Å². The van der Waals surface area contributed by atoms with Gasteiger partial charge in [0.05, 0.1) is 12.6 Å². The van der Waals surface area contributed by atoms with E-state index in [0.29, 0.717) is 17.7 Å². The van der Waals surface area contributed by atoms with Crippen molar-refractivity contribution >= 4 is 31.2 Å². The molecular weight excluding hydrogens is 427 g/mol. The first-order valence-electron chi connectivity index (χ1n) is 9.88. The zero-order valence-electron chi connectivity index (χ0n) is 17.8. The lowest BCUT2D eigenvalue weighted by atomic mass is 9.98. The van der Waals surface area contributed by atoms with Crippen LogP contribution >= 0.6 is 7.75 Å². The van der Waals surface area contributed by atoms with Crippen LogP contribution in [0.4, 0.5) is 5.69 Å². The van der Waals surface area contributed by atoms with Crippen LogP contribution in [0.3, 0.4) is 0 Å². The number of carboxylic acids is 1. The van der Waals surface area contributed by atoms with Gasteiger partial charge in [0.2, 0.25) is 11.8 Å². The van der Waals surface area contributed by atoms with Gasteiger partial charge in [0.25, 0.3) is 0 Å². The predicted molar refractivity (Wildman–Crippen MR) is 115 cm³/mol. The van der Waals surface area contributed by atoms with Gasteiger partial charge in [-0.05, 0) is 30.5 Å². The Balaban J connectivity index is 3.07. The maximum absolute atomic E-state index is 12.9. The average Bonchev–Trinajstić information content (AvgIpc) is 2.70. The van der Waals surface area contributed by atoms with Crippen molar-refractivity contribution in [1.82, 2.24) is 15.7 Å². The molecule has 1 unspecified atom stereocenters. The number of nitrogen functional groups attached to an aromatic ring is 1. The van der Waals surface area contributed by atoms with Crippen molar-refractivity contribution in [2.45, 2.75) is 45.7 Å². The van der Waals surface area contributed by atoms with Crippen LogP contribution in [0.25, 0.3) is 0 Å². The fraction of sp³-hybridized carbons (Fsp3) is 0.526. The minimum Gasteiger partial charge on any atom is -0.480 e. The van der Waals surface area contributed by atoms with E-state index in [0.717, 1.165) is 0 Å². The molecule has 2 amide bonds. The summed E-state index contributed by atoms with van der Waals surface area (Å²) in [6.07, 6.45) is 0.567. The molecule has 0 aromatic heterocycles. The Bertz CT molecular complexity index is 803. The Morgan fingerprint density at radius 2 is 1.77 bits per heavy atom. The molecule has 0 aliphatic carbocycles. The number of nitrogens with two attached hydrogens (primary N) is 1. The highest BCUT2D eigenvalue weighted by Gasteiger charge is 2.34. The molecule has 1 aromatic carbocycles. The molecule has 12 heteroatoms. The number of rotatable bonds is 13. The lowest BCUT2D eigenvalue weighted by Gasteiger charge is -2.27. The van der Waals surface area contributed by atoms with E-state index in [9.17, 15) is 23.8 Å². The highest BCUT2D eigenvalue weighted by molar-refractivity contribution is 7.50. The van der Waals surface area contributed by atoms with Gasteiger partial charge in [-0.3, -0.25) is 18.9 Å². The van der Waals surface area contributed by atoms with E-state index in [4.69, 9.17) is 15.4 Å². The Labute approximate surface area is 181 Å². The van der Waals surface area contributed by atoms with Crippen molar-refractivity contribution in [3.8, 4) is 0 Å². The highest BCUT2D eigenvalue weighted by Crippen LogP contribution is 2.38. The van der Waals surface area contributed by atoms with Crippen LogP contribution in [-0.4, -0.2) is 53.0 Å². The molecule has 11 nitrogen and oxygen atoms in total. The van der Waals surface area contributed by atoms with Crippen LogP contribution in [0.5, 0.6) is 0 Å². The van der Waals surface area contributed by atoms with Gasteiger partial charge in [-0.15, -0.1) is 0 Å². The third-order valence-corrected chi connectivity index (χ3v) is 5.78. The van der Waals surface area contributed by atoms with Crippen molar-refractivity contribution in [2.24, 2.45) is 5.92 Å². The Morgan fingerprint density at radius 3 is 2.29 bits per heavy atom. The minimum absolute atomic E-state index is 0.0347. The molecule has 1 rings (SSSR count). The topological polar surface area (TPSA) is 180 Å². The molecule has 0 aliphatic heterocycles. The van der Waals surface area contributed by atoms with Gasteiger partial charge in [-0.2, -0.15) is 0 Å². The summed E-state index contributed by atoms with van der Waals surface area (Å²) in [5.41, 5.74) is 6.87. The smallest absolute Gasteiger partial charge is 0.403 e. The number of anilines is 1. The van der Waals surface area contributed by atoms with E-state index in [1.54, 1.807) is 38.1 Å². The second-order valence-electron chi connectivity index (χ2n) is 7.05. The van der Waals surface area contributed by atoms with E-state index >= 15 is 0 Å². The fourth-order valence-electron chi connectivity index (χ4n) is 2.71. The number of nitrogens with one attached hydrogen (secondary N) is 3. The molecule has 1 aromatic rings. The average molecular weight is 458 g/mol. The van der Waals surface area contributed by atoms with Crippen LogP contribution in [0.2, 0.25) is 0 Å². The molecule has 0 heterocycles. The van der Waals surface area contributed by atoms with Gasteiger partial charge < -0.3 is 26.4 Å². The summed E-state index contributed by atoms with van der Waals surface area (Å²) in [6.45, 7) is 4.41. The normalized spacial score (nSPS) is 15.9. The third kappa shape index (κ3) is 9.48. The number of carboxylic acid groups (broad SMARTS) is 1. The Morgan fingerprint density at radius 1 is 1.16 bits per heavy atom. The number of benzene rings is 1. The number of aliphatic carboxylic acids is 1. The Hall–Kier alpha value is -2.46. The molecule has 31 heavy (non-hydrogen) atoms. The number of carbonyl (C=O) groups is 3. The van der Waals surface area contributed by atoms with Crippen LogP contribution in [0, 0.1) is 5.92 Å². The van der Waals surface area contributed by atoms with Crippen molar-refractivity contribution in [3.63, 3.8) is 0 Å². The number of carbonyl (C=O) groups excluding carboxylic acids is 2. The van der Waals surface area contributed by atoms with E-state index in [2.05, 4.69) is 15.7 Å². The molecule has 0 saturated carbocycles. The summed E-state index contributed by atoms with van der Waals surface area (Å²) < 4.78 is 16.9. The van der Waals surface area contributed by atoms with Crippen LogP contribution in [0.15, 0.2) is 24.3 Å². The highest BCUT2D eigenvalue weighted by atomic mass is 31.2. The summed E-state index contributed by atoms with van der Waals surface area (Å²) in [6, 6.07) is 4.40. The lowest BCUT2D eigenvalue weighted by molar-refractivity contribution is -0.138. The SMILES string of the molecule is CCOP(=O)(O)N[C@H](C(=O)N[C@@H](Cc1ccc(N)cc1)C(=O)NCC(=O)O)[C@@H](C)CC. The first-order chi connectivity index (χ1) is 14.5. The zero-order chi connectivity index (χ0) is 23.6. The van der Waals surface area contributed by atoms with E-state index < -0.39 is 44.2 Å². The van der Waals surface area contributed by atoms with E-state index in [1.165, 1.54) is 6.92 Å². The zero-order valence-corrected chi connectivity index (χ0v) is 18.7. The van der Waals surface area contributed by atoms with Crippen LogP contribution in [-0.2, 0) is 29.9 Å². The third-order valence-electron chi connectivity index (χ3n) is 4.57. The second-order valence-corrected chi connectivity index (χ2v) is 8.61. The fourth-order valence-corrected chi connectivity index (χ4v) is 3.86. The molecule has 0 radical (unpaired) electrons. The molecule has 0 saturated heterocycles. The standard InChI is InChI=1S/C19H31N4O7P/c1-4-12(3)17(23-31(28,29)30-5-2)19(27)22-15(18(26)21-11-16(24)25)10-13-6-8-14(20)9-7-13/h6-9,12,15,17H,4-5,10-11,20H2,1-3H3,(H,21,26)(H,22,27)(H,24,25)(H2,23,28,29)/t12-,15-,17-/m0/s1. The van der Waals surface area contributed by atoms with Crippen molar-refractivity contribution < 1.29 is 33.5 Å². The number of hydrogen-bond donors (Lipinski definition) is 6. The first-order valence-corrected chi connectivity index (χ1v) is 11.5. The molecule has 0 spiro atoms. The summed E-state index contributed by atoms with van der Waals surface area (Å²) in [5.74, 6) is -2.98. The summed E-state index contributed by atoms with van der Waals surface area (Å²) in [4.78, 5) is 46.2. The number of amides is 2. The summed E-state index contributed by atoms with van der Waals surface area (Å²) >= 11 is 0. The van der Waals surface area contributed by atoms with Gasteiger partial charge in [0.15, 0.2) is 0 Å². The van der Waals surface area contributed by atoms with Crippen molar-refractivity contribution in [3.05, 3.63) is 29.8 Å². The largest absolute Gasteiger partial charge is 0.480 e. The van der Waals surface area contributed by atoms with Crippen LogP contribution < -0.4 is 21.5 Å². The molecule has 0 aliphatic rings. The predicted octanol–water partition coefficient (Wildman–Crippen LogP) is 0.638.